The first kappa shape index (κ1) is 17.5. The third kappa shape index (κ3) is 3.52. The molecule has 3 aromatic rings. The van der Waals surface area contributed by atoms with Gasteiger partial charge < -0.3 is 11.1 Å². The number of carbonyl (C=O) groups excluding carboxylic acids is 1. The molecule has 1 aromatic heterocycles. The highest BCUT2D eigenvalue weighted by atomic mass is 35.5. The fourth-order valence-electron chi connectivity index (χ4n) is 2.60. The third-order valence-corrected chi connectivity index (χ3v) is 5.39. The van der Waals surface area contributed by atoms with Crippen LogP contribution in [0.1, 0.15) is 31.9 Å². The van der Waals surface area contributed by atoms with Crippen LogP contribution >= 0.6 is 22.9 Å². The number of nitrogens with zero attached hydrogens (tertiary/aromatic N) is 1. The number of ketones is 1. The summed E-state index contributed by atoms with van der Waals surface area (Å²) in [6, 6.07) is 11.3. The van der Waals surface area contributed by atoms with E-state index in [0.717, 1.165) is 22.4 Å². The van der Waals surface area contributed by atoms with Gasteiger partial charge in [-0.2, -0.15) is 0 Å². The van der Waals surface area contributed by atoms with Gasteiger partial charge in [0.25, 0.3) is 0 Å². The van der Waals surface area contributed by atoms with Crippen LogP contribution in [0.4, 0.5) is 16.6 Å². The zero-order chi connectivity index (χ0) is 18.1. The summed E-state index contributed by atoms with van der Waals surface area (Å²) in [6.07, 6.45) is 0. The molecule has 0 atom stereocenters. The van der Waals surface area contributed by atoms with Gasteiger partial charge in [0.15, 0.2) is 5.13 Å². The average Bonchev–Trinajstić information content (AvgIpc) is 2.92. The molecule has 1 heterocycles. The van der Waals surface area contributed by atoms with Gasteiger partial charge in [-0.1, -0.05) is 52.8 Å². The van der Waals surface area contributed by atoms with Gasteiger partial charge in [-0.15, -0.1) is 0 Å². The molecule has 0 fully saturated rings. The van der Waals surface area contributed by atoms with Gasteiger partial charge in [-0.25, -0.2) is 4.98 Å². The Labute approximate surface area is 155 Å². The van der Waals surface area contributed by atoms with Crippen molar-refractivity contribution in [1.29, 1.82) is 0 Å². The molecule has 0 bridgehead atoms. The Bertz CT molecular complexity index is 965. The van der Waals surface area contributed by atoms with E-state index in [4.69, 9.17) is 17.3 Å². The number of hydrogen-bond acceptors (Lipinski definition) is 5. The second kappa shape index (κ2) is 6.86. The Morgan fingerprint density at radius 2 is 1.96 bits per heavy atom. The van der Waals surface area contributed by atoms with Gasteiger partial charge in [-0.05, 0) is 44.0 Å². The van der Waals surface area contributed by atoms with E-state index in [0.29, 0.717) is 20.6 Å². The number of hydrogen-bond donors (Lipinski definition) is 2. The van der Waals surface area contributed by atoms with Crippen molar-refractivity contribution in [1.82, 2.24) is 4.98 Å². The van der Waals surface area contributed by atoms with Gasteiger partial charge in [-0.3, -0.25) is 4.79 Å². The molecular formula is C19H18ClN3OS. The summed E-state index contributed by atoms with van der Waals surface area (Å²) in [5, 5.41) is 4.43. The van der Waals surface area contributed by atoms with Crippen molar-refractivity contribution in [2.75, 3.05) is 11.1 Å². The zero-order valence-electron chi connectivity index (χ0n) is 14.2. The maximum atomic E-state index is 12.8. The monoisotopic (exact) mass is 371 g/mol. The van der Waals surface area contributed by atoms with Gasteiger partial charge in [0.05, 0.1) is 0 Å². The fraction of sp³-hybridized carbons (Fsp3) is 0.158. The Morgan fingerprint density at radius 3 is 2.68 bits per heavy atom. The zero-order valence-corrected chi connectivity index (χ0v) is 15.8. The third-order valence-electron chi connectivity index (χ3n) is 4.00. The van der Waals surface area contributed by atoms with Gasteiger partial charge in [0, 0.05) is 16.3 Å². The lowest BCUT2D eigenvalue weighted by molar-refractivity contribution is 0.104. The average molecular weight is 372 g/mol. The van der Waals surface area contributed by atoms with Gasteiger partial charge in [0.1, 0.15) is 10.7 Å². The molecule has 0 saturated heterocycles. The predicted molar refractivity (Wildman–Crippen MR) is 105 cm³/mol. The topological polar surface area (TPSA) is 68.0 Å². The summed E-state index contributed by atoms with van der Waals surface area (Å²) in [5.74, 6) is 0.125. The number of nitrogens with two attached hydrogens (primary N) is 1. The molecule has 0 aliphatic heterocycles. The first-order chi connectivity index (χ1) is 11.9. The van der Waals surface area contributed by atoms with E-state index in [1.165, 1.54) is 11.3 Å². The number of halogens is 1. The van der Waals surface area contributed by atoms with E-state index in [1.807, 2.05) is 57.2 Å². The highest BCUT2D eigenvalue weighted by molar-refractivity contribution is 7.18. The minimum atomic E-state index is -0.108. The maximum Gasteiger partial charge on any atom is 0.207 e. The van der Waals surface area contributed by atoms with Crippen molar-refractivity contribution in [3.05, 3.63) is 68.6 Å². The van der Waals surface area contributed by atoms with Crippen molar-refractivity contribution in [2.24, 2.45) is 0 Å². The normalized spacial score (nSPS) is 10.7. The summed E-state index contributed by atoms with van der Waals surface area (Å²) < 4.78 is 0. The number of aromatic nitrogens is 1. The van der Waals surface area contributed by atoms with Crippen molar-refractivity contribution < 1.29 is 4.79 Å². The summed E-state index contributed by atoms with van der Waals surface area (Å²) in [7, 11) is 0. The molecule has 25 heavy (non-hydrogen) atoms. The van der Waals surface area contributed by atoms with Crippen LogP contribution in [0.25, 0.3) is 0 Å². The van der Waals surface area contributed by atoms with Crippen molar-refractivity contribution in [3.8, 4) is 0 Å². The molecule has 0 saturated carbocycles. The van der Waals surface area contributed by atoms with Crippen LogP contribution in [-0.4, -0.2) is 10.8 Å². The fourth-order valence-corrected chi connectivity index (χ4v) is 3.62. The molecule has 0 unspecified atom stereocenters. The molecule has 0 amide bonds. The number of nitrogens with one attached hydrogen (secondary N) is 1. The number of benzene rings is 2. The van der Waals surface area contributed by atoms with Gasteiger partial charge >= 0.3 is 0 Å². The SMILES string of the molecule is Cc1ccc(C(=O)c2sc(Nc3cccc(Cl)c3C)nc2N)c(C)c1. The molecule has 0 aliphatic rings. The Hall–Kier alpha value is -2.37. The molecular weight excluding hydrogens is 354 g/mol. The van der Waals surface area contributed by atoms with Crippen LogP contribution in [0.2, 0.25) is 5.02 Å². The predicted octanol–water partition coefficient (Wildman–Crippen LogP) is 5.28. The maximum absolute atomic E-state index is 12.8. The van der Waals surface area contributed by atoms with Crippen LogP contribution in [0.5, 0.6) is 0 Å². The summed E-state index contributed by atoms with van der Waals surface area (Å²) >= 11 is 7.39. The molecule has 3 N–H and O–H groups in total. The number of thiazole rings is 1. The van der Waals surface area contributed by atoms with Crippen LogP contribution in [-0.2, 0) is 0 Å². The summed E-state index contributed by atoms with van der Waals surface area (Å²) in [4.78, 5) is 17.6. The second-order valence-electron chi connectivity index (χ2n) is 5.92. The molecule has 4 nitrogen and oxygen atoms in total. The van der Waals surface area contributed by atoms with E-state index < -0.39 is 0 Å². The van der Waals surface area contributed by atoms with E-state index >= 15 is 0 Å². The van der Waals surface area contributed by atoms with Gasteiger partial charge in [0.2, 0.25) is 5.78 Å². The largest absolute Gasteiger partial charge is 0.382 e. The quantitative estimate of drug-likeness (QED) is 0.612. The molecule has 0 spiro atoms. The molecule has 0 aliphatic carbocycles. The van der Waals surface area contributed by atoms with Crippen LogP contribution < -0.4 is 11.1 Å². The van der Waals surface area contributed by atoms with E-state index in [-0.39, 0.29) is 11.6 Å². The van der Waals surface area contributed by atoms with Crippen molar-refractivity contribution in [2.45, 2.75) is 20.8 Å². The minimum Gasteiger partial charge on any atom is -0.382 e. The Morgan fingerprint density at radius 1 is 1.20 bits per heavy atom. The standard InChI is InChI=1S/C19H18ClN3OS/c1-10-7-8-13(11(2)9-10)16(24)17-18(21)23-19(25-17)22-15-6-4-5-14(20)12(15)3/h4-9H,21H2,1-3H3,(H,22,23). The lowest BCUT2D eigenvalue weighted by atomic mass is 10.0. The summed E-state index contributed by atoms with van der Waals surface area (Å²) in [6.45, 7) is 5.84. The van der Waals surface area contributed by atoms with E-state index in [1.54, 1.807) is 0 Å². The highest BCUT2D eigenvalue weighted by Crippen LogP contribution is 2.32. The molecule has 3 rings (SSSR count). The smallest absolute Gasteiger partial charge is 0.207 e. The molecule has 2 aromatic carbocycles. The molecule has 0 radical (unpaired) electrons. The number of carbonyl (C=O) groups is 1. The first-order valence-corrected chi connectivity index (χ1v) is 8.96. The first-order valence-electron chi connectivity index (χ1n) is 7.77. The Kier molecular flexibility index (Phi) is 4.79. The Balaban J connectivity index is 1.92. The van der Waals surface area contributed by atoms with Crippen molar-refractivity contribution in [3.63, 3.8) is 0 Å². The van der Waals surface area contributed by atoms with E-state index in [2.05, 4.69) is 10.3 Å². The minimum absolute atomic E-state index is 0.108. The summed E-state index contributed by atoms with van der Waals surface area (Å²) in [5.41, 5.74) is 10.4. The number of nitrogen functional groups attached to an aromatic ring is 1. The van der Waals surface area contributed by atoms with Crippen LogP contribution in [0.3, 0.4) is 0 Å². The molecule has 6 heteroatoms. The van der Waals surface area contributed by atoms with E-state index in [9.17, 15) is 4.79 Å². The highest BCUT2D eigenvalue weighted by Gasteiger charge is 2.20. The lowest BCUT2D eigenvalue weighted by Crippen LogP contribution is -2.04. The lowest BCUT2D eigenvalue weighted by Gasteiger charge is -2.07. The number of rotatable bonds is 4. The second-order valence-corrected chi connectivity index (χ2v) is 7.32. The molecule has 128 valence electrons. The van der Waals surface area contributed by atoms with Crippen LogP contribution in [0, 0.1) is 20.8 Å². The van der Waals surface area contributed by atoms with Crippen LogP contribution in [0.15, 0.2) is 36.4 Å². The number of anilines is 3. The van der Waals surface area contributed by atoms with Crippen molar-refractivity contribution >= 4 is 45.4 Å². The number of aryl methyl sites for hydroxylation is 2.